The van der Waals surface area contributed by atoms with E-state index in [0.29, 0.717) is 24.6 Å². The summed E-state index contributed by atoms with van der Waals surface area (Å²) in [5.74, 6) is 0.195. The van der Waals surface area contributed by atoms with Crippen molar-refractivity contribution >= 4 is 21.6 Å². The lowest BCUT2D eigenvalue weighted by atomic mass is 10.1. The number of sulfonamides is 1. The summed E-state index contributed by atoms with van der Waals surface area (Å²) in [5.41, 5.74) is 2.62. The van der Waals surface area contributed by atoms with Gasteiger partial charge < -0.3 is 10.1 Å². The first kappa shape index (κ1) is 23.1. The Morgan fingerprint density at radius 2 is 1.81 bits per heavy atom. The van der Waals surface area contributed by atoms with Gasteiger partial charge in [0.05, 0.1) is 18.6 Å². The van der Waals surface area contributed by atoms with Gasteiger partial charge in [-0.25, -0.2) is 8.42 Å². The van der Waals surface area contributed by atoms with Crippen LogP contribution >= 0.6 is 0 Å². The van der Waals surface area contributed by atoms with Crippen LogP contribution in [0, 0.1) is 0 Å². The molecule has 7 nitrogen and oxygen atoms in total. The lowest BCUT2D eigenvalue weighted by molar-refractivity contribution is -0.119. The van der Waals surface area contributed by atoms with E-state index in [2.05, 4.69) is 22.3 Å². The third kappa shape index (κ3) is 6.97. The molecule has 0 saturated carbocycles. The highest BCUT2D eigenvalue weighted by Crippen LogP contribution is 2.23. The Kier molecular flexibility index (Phi) is 7.92. The highest BCUT2D eigenvalue weighted by atomic mass is 32.2. The van der Waals surface area contributed by atoms with Gasteiger partial charge in [-0.2, -0.15) is 0 Å². The molecule has 168 valence electrons. The average molecular weight is 446 g/mol. The predicted octanol–water partition coefficient (Wildman–Crippen LogP) is 2.76. The second kappa shape index (κ2) is 10.6. The molecule has 1 aliphatic rings. The van der Waals surface area contributed by atoms with Gasteiger partial charge in [0.2, 0.25) is 15.9 Å². The number of hydrogen-bond acceptors (Lipinski definition) is 5. The maximum absolute atomic E-state index is 12.6. The number of nitrogens with zero attached hydrogens (tertiary/aromatic N) is 2. The molecule has 8 heteroatoms. The number of rotatable bonds is 10. The number of ether oxygens (including phenoxy) is 1. The Bertz CT molecular complexity index is 988. The van der Waals surface area contributed by atoms with Crippen LogP contribution in [0.4, 0.5) is 5.69 Å². The van der Waals surface area contributed by atoms with Gasteiger partial charge in [0.1, 0.15) is 12.3 Å². The van der Waals surface area contributed by atoms with Crippen molar-refractivity contribution in [3.8, 4) is 5.75 Å². The topological polar surface area (TPSA) is 79.0 Å². The summed E-state index contributed by atoms with van der Waals surface area (Å²) in [6.07, 6.45) is 3.59. The Balaban J connectivity index is 1.62. The Morgan fingerprint density at radius 1 is 1.10 bits per heavy atom. The molecular weight excluding hydrogens is 414 g/mol. The van der Waals surface area contributed by atoms with Crippen LogP contribution in [-0.2, 0) is 27.9 Å². The van der Waals surface area contributed by atoms with Gasteiger partial charge in [-0.1, -0.05) is 30.3 Å². The summed E-state index contributed by atoms with van der Waals surface area (Å²) in [7, 11) is -3.64. The van der Waals surface area contributed by atoms with Crippen LogP contribution in [0.3, 0.4) is 0 Å². The number of benzene rings is 2. The molecule has 1 aliphatic heterocycles. The first-order chi connectivity index (χ1) is 14.8. The zero-order valence-electron chi connectivity index (χ0n) is 18.2. The molecule has 3 rings (SSSR count). The lowest BCUT2D eigenvalue weighted by Crippen LogP contribution is -2.40. The largest absolute Gasteiger partial charge is 0.494 e. The Hall–Kier alpha value is -2.58. The number of hydrogen-bond donors (Lipinski definition) is 1. The third-order valence-corrected chi connectivity index (χ3v) is 6.33. The summed E-state index contributed by atoms with van der Waals surface area (Å²) < 4.78 is 31.2. The fourth-order valence-electron chi connectivity index (χ4n) is 3.72. The highest BCUT2D eigenvalue weighted by Gasteiger charge is 2.21. The lowest BCUT2D eigenvalue weighted by Gasteiger charge is -2.22. The highest BCUT2D eigenvalue weighted by molar-refractivity contribution is 7.92. The van der Waals surface area contributed by atoms with Crippen molar-refractivity contribution in [2.45, 2.75) is 32.9 Å². The van der Waals surface area contributed by atoms with Crippen LogP contribution in [0.2, 0.25) is 0 Å². The van der Waals surface area contributed by atoms with Gasteiger partial charge in [0, 0.05) is 19.2 Å². The van der Waals surface area contributed by atoms with E-state index in [9.17, 15) is 13.2 Å². The molecule has 2 aromatic carbocycles. The molecule has 31 heavy (non-hydrogen) atoms. The number of amides is 1. The van der Waals surface area contributed by atoms with Gasteiger partial charge >= 0.3 is 0 Å². The number of nitrogens with one attached hydrogen (secondary N) is 1. The molecule has 0 aromatic heterocycles. The van der Waals surface area contributed by atoms with Crippen LogP contribution in [0.5, 0.6) is 5.75 Å². The Morgan fingerprint density at radius 3 is 2.52 bits per heavy atom. The molecule has 1 fully saturated rings. The van der Waals surface area contributed by atoms with E-state index in [4.69, 9.17) is 4.74 Å². The second-order valence-corrected chi connectivity index (χ2v) is 9.69. The van der Waals surface area contributed by atoms with Crippen LogP contribution in [-0.4, -0.2) is 51.7 Å². The molecule has 1 amide bonds. The van der Waals surface area contributed by atoms with E-state index in [1.165, 1.54) is 18.4 Å². The number of carbonyl (C=O) groups excluding carboxylic acids is 1. The molecule has 2 aromatic rings. The van der Waals surface area contributed by atoms with Crippen LogP contribution in [0.1, 0.15) is 30.9 Å². The number of likely N-dealkylation sites (tertiary alicyclic amines) is 1. The van der Waals surface area contributed by atoms with Crippen molar-refractivity contribution in [2.75, 3.05) is 36.8 Å². The quantitative estimate of drug-likeness (QED) is 0.608. The van der Waals surface area contributed by atoms with Crippen molar-refractivity contribution in [1.82, 2.24) is 10.2 Å². The van der Waals surface area contributed by atoms with Crippen molar-refractivity contribution in [2.24, 2.45) is 0 Å². The normalized spacial score (nSPS) is 14.4. The summed E-state index contributed by atoms with van der Waals surface area (Å²) in [4.78, 5) is 15.0. The molecule has 0 spiro atoms. The van der Waals surface area contributed by atoms with Crippen molar-refractivity contribution in [1.29, 1.82) is 0 Å². The minimum Gasteiger partial charge on any atom is -0.494 e. The van der Waals surface area contributed by atoms with Crippen molar-refractivity contribution in [3.63, 3.8) is 0 Å². The summed E-state index contributed by atoms with van der Waals surface area (Å²) >= 11 is 0. The smallest absolute Gasteiger partial charge is 0.241 e. The van der Waals surface area contributed by atoms with E-state index in [1.54, 1.807) is 24.3 Å². The molecule has 1 N–H and O–H groups in total. The fourth-order valence-corrected chi connectivity index (χ4v) is 4.57. The van der Waals surface area contributed by atoms with Gasteiger partial charge in [0.15, 0.2) is 0 Å². The zero-order chi connectivity index (χ0) is 22.3. The molecular formula is C23H31N3O4S. The number of anilines is 1. The molecule has 1 saturated heterocycles. The molecule has 0 aliphatic carbocycles. The zero-order valence-corrected chi connectivity index (χ0v) is 19.0. The van der Waals surface area contributed by atoms with Gasteiger partial charge in [-0.05, 0) is 56.1 Å². The minimum absolute atomic E-state index is 0.290. The summed E-state index contributed by atoms with van der Waals surface area (Å²) in [6, 6.07) is 14.9. The van der Waals surface area contributed by atoms with E-state index in [-0.39, 0.29) is 12.5 Å². The van der Waals surface area contributed by atoms with Crippen LogP contribution < -0.4 is 14.4 Å². The van der Waals surface area contributed by atoms with E-state index in [0.717, 1.165) is 35.8 Å². The first-order valence-electron chi connectivity index (χ1n) is 10.6. The van der Waals surface area contributed by atoms with Crippen molar-refractivity contribution in [3.05, 3.63) is 59.7 Å². The van der Waals surface area contributed by atoms with Gasteiger partial charge in [-0.15, -0.1) is 0 Å². The van der Waals surface area contributed by atoms with Crippen LogP contribution in [0.15, 0.2) is 48.5 Å². The SMILES string of the molecule is CCOc1cccc(N(CC(=O)NCc2cccc(CN3CCCC3)c2)S(C)(=O)=O)c1. The average Bonchev–Trinajstić information content (AvgIpc) is 3.23. The maximum Gasteiger partial charge on any atom is 0.241 e. The molecule has 0 radical (unpaired) electrons. The van der Waals surface area contributed by atoms with Gasteiger partial charge in [-0.3, -0.25) is 14.0 Å². The van der Waals surface area contributed by atoms with Gasteiger partial charge in [0.25, 0.3) is 0 Å². The second-order valence-electron chi connectivity index (χ2n) is 7.78. The molecule has 1 heterocycles. The summed E-state index contributed by atoms with van der Waals surface area (Å²) in [5, 5.41) is 2.84. The van der Waals surface area contributed by atoms with E-state index >= 15 is 0 Å². The predicted molar refractivity (Wildman–Crippen MR) is 123 cm³/mol. The Labute approximate surface area is 185 Å². The minimum atomic E-state index is -3.64. The summed E-state index contributed by atoms with van der Waals surface area (Å²) in [6.45, 7) is 5.57. The molecule has 0 unspecified atom stereocenters. The van der Waals surface area contributed by atoms with E-state index < -0.39 is 10.0 Å². The molecule has 0 bridgehead atoms. The van der Waals surface area contributed by atoms with Crippen LogP contribution in [0.25, 0.3) is 0 Å². The molecule has 0 atom stereocenters. The number of carbonyl (C=O) groups is 1. The third-order valence-electron chi connectivity index (χ3n) is 5.19. The monoisotopic (exact) mass is 445 g/mol. The fraction of sp³-hybridized carbons (Fsp3) is 0.435. The maximum atomic E-state index is 12.6. The standard InChI is InChI=1S/C23H31N3O4S/c1-3-30-22-11-7-10-21(15-22)26(31(2,28)29)18-23(27)24-16-19-8-6-9-20(14-19)17-25-12-4-5-13-25/h6-11,14-15H,3-5,12-13,16-18H2,1-2H3,(H,24,27). The van der Waals surface area contributed by atoms with Crippen molar-refractivity contribution < 1.29 is 17.9 Å². The van der Waals surface area contributed by atoms with E-state index in [1.807, 2.05) is 19.1 Å². The first-order valence-corrected chi connectivity index (χ1v) is 12.5.